The Balaban J connectivity index is 2.25. The minimum absolute atomic E-state index is 0.105. The summed E-state index contributed by atoms with van der Waals surface area (Å²) in [5, 5.41) is 3.01. The fraction of sp³-hybridized carbons (Fsp3) is 0.500. The molecule has 1 aliphatic heterocycles. The lowest BCUT2D eigenvalue weighted by Crippen LogP contribution is -2.38. The summed E-state index contributed by atoms with van der Waals surface area (Å²) in [6, 6.07) is 4.64. The first-order chi connectivity index (χ1) is 10.5. The van der Waals surface area contributed by atoms with Crippen molar-refractivity contribution in [3.63, 3.8) is 0 Å². The molecule has 1 saturated heterocycles. The standard InChI is InChI=1S/C14H19ClN2O4S/c1-21-8-6-16-14(18)11-4-5-12(15)13(10-11)17-7-2-3-9-22(17,19)20/h4-5,10H,2-3,6-9H2,1H3,(H,16,18). The maximum absolute atomic E-state index is 12.2. The van der Waals surface area contributed by atoms with Crippen LogP contribution in [-0.4, -0.2) is 46.9 Å². The molecule has 1 fully saturated rings. The Labute approximate surface area is 135 Å². The zero-order valence-electron chi connectivity index (χ0n) is 12.3. The highest BCUT2D eigenvalue weighted by atomic mass is 35.5. The van der Waals surface area contributed by atoms with Crippen LogP contribution in [0.2, 0.25) is 5.02 Å². The summed E-state index contributed by atoms with van der Waals surface area (Å²) in [7, 11) is -1.82. The molecular formula is C14H19ClN2O4S. The van der Waals surface area contributed by atoms with Crippen LogP contribution in [-0.2, 0) is 14.8 Å². The molecule has 2 rings (SSSR count). The Morgan fingerprint density at radius 2 is 2.18 bits per heavy atom. The lowest BCUT2D eigenvalue weighted by Gasteiger charge is -2.29. The number of halogens is 1. The van der Waals surface area contributed by atoms with Gasteiger partial charge in [0.25, 0.3) is 5.91 Å². The maximum Gasteiger partial charge on any atom is 0.251 e. The van der Waals surface area contributed by atoms with Crippen molar-refractivity contribution in [2.75, 3.05) is 36.9 Å². The number of hydrogen-bond acceptors (Lipinski definition) is 4. The van der Waals surface area contributed by atoms with Crippen LogP contribution >= 0.6 is 11.6 Å². The van der Waals surface area contributed by atoms with Gasteiger partial charge in [-0.25, -0.2) is 8.42 Å². The van der Waals surface area contributed by atoms with E-state index in [1.807, 2.05) is 0 Å². The van der Waals surface area contributed by atoms with E-state index in [-0.39, 0.29) is 11.7 Å². The van der Waals surface area contributed by atoms with E-state index in [1.54, 1.807) is 19.2 Å². The van der Waals surface area contributed by atoms with Crippen molar-refractivity contribution in [1.82, 2.24) is 5.32 Å². The number of carbonyl (C=O) groups is 1. The van der Waals surface area contributed by atoms with Gasteiger partial charge in [0.2, 0.25) is 10.0 Å². The van der Waals surface area contributed by atoms with Gasteiger partial charge in [0, 0.05) is 25.8 Å². The van der Waals surface area contributed by atoms with Crippen molar-refractivity contribution < 1.29 is 17.9 Å². The van der Waals surface area contributed by atoms with Crippen LogP contribution in [0.5, 0.6) is 0 Å². The number of carbonyl (C=O) groups excluding carboxylic acids is 1. The van der Waals surface area contributed by atoms with Gasteiger partial charge in [0.05, 0.1) is 23.1 Å². The minimum atomic E-state index is -3.37. The third-order valence-corrected chi connectivity index (χ3v) is 5.59. The lowest BCUT2D eigenvalue weighted by molar-refractivity contribution is 0.0937. The van der Waals surface area contributed by atoms with E-state index in [2.05, 4.69) is 5.32 Å². The van der Waals surface area contributed by atoms with E-state index >= 15 is 0 Å². The molecule has 1 N–H and O–H groups in total. The summed E-state index contributed by atoms with van der Waals surface area (Å²) in [4.78, 5) is 12.0. The van der Waals surface area contributed by atoms with E-state index < -0.39 is 10.0 Å². The Hall–Kier alpha value is -1.31. The molecule has 122 valence electrons. The molecule has 1 heterocycles. The highest BCUT2D eigenvalue weighted by Crippen LogP contribution is 2.31. The molecule has 1 aromatic rings. The average molecular weight is 347 g/mol. The Kier molecular flexibility index (Phi) is 5.66. The van der Waals surface area contributed by atoms with Crippen molar-refractivity contribution in [2.24, 2.45) is 0 Å². The first-order valence-electron chi connectivity index (χ1n) is 7.03. The van der Waals surface area contributed by atoms with Crippen LogP contribution in [0.25, 0.3) is 0 Å². The van der Waals surface area contributed by atoms with E-state index in [9.17, 15) is 13.2 Å². The lowest BCUT2D eigenvalue weighted by atomic mass is 10.2. The molecule has 1 aromatic carbocycles. The quantitative estimate of drug-likeness (QED) is 0.822. The summed E-state index contributed by atoms with van der Waals surface area (Å²) >= 11 is 6.13. The summed E-state index contributed by atoms with van der Waals surface area (Å²) in [5.74, 6) is -0.183. The highest BCUT2D eigenvalue weighted by molar-refractivity contribution is 7.92. The topological polar surface area (TPSA) is 75.7 Å². The van der Waals surface area contributed by atoms with Crippen molar-refractivity contribution >= 4 is 33.2 Å². The zero-order valence-corrected chi connectivity index (χ0v) is 13.9. The summed E-state index contributed by atoms with van der Waals surface area (Å²) in [6.07, 6.45) is 1.42. The molecule has 0 bridgehead atoms. The molecule has 1 amide bonds. The molecule has 0 unspecified atom stereocenters. The Morgan fingerprint density at radius 1 is 1.41 bits per heavy atom. The van der Waals surface area contributed by atoms with Gasteiger partial charge in [-0.15, -0.1) is 0 Å². The normalized spacial score (nSPS) is 17.3. The van der Waals surface area contributed by atoms with Gasteiger partial charge in [0.1, 0.15) is 0 Å². The predicted molar refractivity (Wildman–Crippen MR) is 86.0 cm³/mol. The fourth-order valence-corrected chi connectivity index (χ4v) is 4.19. The maximum atomic E-state index is 12.2. The number of sulfonamides is 1. The van der Waals surface area contributed by atoms with Gasteiger partial charge in [-0.3, -0.25) is 9.10 Å². The van der Waals surface area contributed by atoms with E-state index in [4.69, 9.17) is 16.3 Å². The van der Waals surface area contributed by atoms with Crippen molar-refractivity contribution in [3.8, 4) is 0 Å². The van der Waals surface area contributed by atoms with Crippen molar-refractivity contribution in [3.05, 3.63) is 28.8 Å². The minimum Gasteiger partial charge on any atom is -0.383 e. The largest absolute Gasteiger partial charge is 0.383 e. The summed E-state index contributed by atoms with van der Waals surface area (Å²) in [6.45, 7) is 1.18. The van der Waals surface area contributed by atoms with Crippen LogP contribution in [0.1, 0.15) is 23.2 Å². The first-order valence-corrected chi connectivity index (χ1v) is 9.01. The molecule has 22 heavy (non-hydrogen) atoms. The van der Waals surface area contributed by atoms with Gasteiger partial charge in [-0.2, -0.15) is 0 Å². The van der Waals surface area contributed by atoms with E-state index in [1.165, 1.54) is 10.4 Å². The van der Waals surface area contributed by atoms with Crippen LogP contribution < -0.4 is 9.62 Å². The van der Waals surface area contributed by atoms with Gasteiger partial charge in [0.15, 0.2) is 0 Å². The number of amides is 1. The van der Waals surface area contributed by atoms with E-state index in [0.29, 0.717) is 42.4 Å². The van der Waals surface area contributed by atoms with Gasteiger partial charge >= 0.3 is 0 Å². The number of hydrogen-bond donors (Lipinski definition) is 1. The van der Waals surface area contributed by atoms with Gasteiger partial charge in [-0.1, -0.05) is 11.6 Å². The number of ether oxygens (including phenoxy) is 1. The monoisotopic (exact) mass is 346 g/mol. The van der Waals surface area contributed by atoms with E-state index in [0.717, 1.165) is 6.42 Å². The molecule has 1 aliphatic rings. The second-order valence-electron chi connectivity index (χ2n) is 5.01. The van der Waals surface area contributed by atoms with Crippen LogP contribution in [0.15, 0.2) is 18.2 Å². The molecule has 6 nitrogen and oxygen atoms in total. The van der Waals surface area contributed by atoms with Crippen LogP contribution in [0.3, 0.4) is 0 Å². The number of rotatable bonds is 5. The van der Waals surface area contributed by atoms with Gasteiger partial charge < -0.3 is 10.1 Å². The Morgan fingerprint density at radius 3 is 2.86 bits per heavy atom. The van der Waals surface area contributed by atoms with Crippen LogP contribution in [0.4, 0.5) is 5.69 Å². The molecule has 0 saturated carbocycles. The first kappa shape index (κ1) is 17.1. The highest BCUT2D eigenvalue weighted by Gasteiger charge is 2.28. The third-order valence-electron chi connectivity index (χ3n) is 3.42. The van der Waals surface area contributed by atoms with Crippen molar-refractivity contribution in [2.45, 2.75) is 12.8 Å². The molecule has 0 atom stereocenters. The molecular weight excluding hydrogens is 328 g/mol. The number of methoxy groups -OCH3 is 1. The van der Waals surface area contributed by atoms with Crippen molar-refractivity contribution in [1.29, 1.82) is 0 Å². The molecule has 8 heteroatoms. The van der Waals surface area contributed by atoms with Gasteiger partial charge in [-0.05, 0) is 31.0 Å². The average Bonchev–Trinajstić information content (AvgIpc) is 2.48. The summed E-state index contributed by atoms with van der Waals surface area (Å²) in [5.41, 5.74) is 0.733. The molecule has 0 aromatic heterocycles. The molecule has 0 radical (unpaired) electrons. The third kappa shape index (κ3) is 3.91. The smallest absolute Gasteiger partial charge is 0.251 e. The zero-order chi connectivity index (χ0) is 16.2. The second kappa shape index (κ2) is 7.30. The Bertz CT molecular complexity index is 648. The van der Waals surface area contributed by atoms with Crippen LogP contribution in [0, 0.1) is 0 Å². The predicted octanol–water partition coefficient (Wildman–Crippen LogP) is 1.65. The number of nitrogens with zero attached hydrogens (tertiary/aromatic N) is 1. The number of benzene rings is 1. The summed E-state index contributed by atoms with van der Waals surface area (Å²) < 4.78 is 30.5. The second-order valence-corrected chi connectivity index (χ2v) is 7.43. The molecule has 0 spiro atoms. The number of anilines is 1. The molecule has 0 aliphatic carbocycles. The SMILES string of the molecule is COCCNC(=O)c1ccc(Cl)c(N2CCCCS2(=O)=O)c1. The number of nitrogens with one attached hydrogen (secondary N) is 1. The fourth-order valence-electron chi connectivity index (χ4n) is 2.27.